The summed E-state index contributed by atoms with van der Waals surface area (Å²) in [4.78, 5) is 38.3. The molecule has 198 valence electrons. The minimum atomic E-state index is -0.477. The third kappa shape index (κ3) is 6.68. The first-order chi connectivity index (χ1) is 17.9. The highest BCUT2D eigenvalue weighted by Crippen LogP contribution is 2.23. The number of halogens is 1. The van der Waals surface area contributed by atoms with Gasteiger partial charge in [0.2, 0.25) is 0 Å². The van der Waals surface area contributed by atoms with Gasteiger partial charge in [-0.1, -0.05) is 11.2 Å². The molecule has 0 aliphatic carbocycles. The van der Waals surface area contributed by atoms with Gasteiger partial charge >= 0.3 is 6.03 Å². The number of carbonyl (C=O) groups is 2. The van der Waals surface area contributed by atoms with Crippen LogP contribution >= 0.6 is 0 Å². The maximum Gasteiger partial charge on any atom is 0.314 e. The normalized spacial score (nSPS) is 21.0. The summed E-state index contributed by atoms with van der Waals surface area (Å²) in [5, 5.41) is 12.1. The Morgan fingerprint density at radius 3 is 2.70 bits per heavy atom. The van der Waals surface area contributed by atoms with Crippen molar-refractivity contribution in [3.8, 4) is 5.75 Å². The average Bonchev–Trinajstić information content (AvgIpc) is 3.41. The number of aryl methyl sites for hydroxylation is 1. The monoisotopic (exact) mass is 516 g/mol. The maximum atomic E-state index is 13.6. The van der Waals surface area contributed by atoms with Crippen LogP contribution in [0.4, 0.5) is 9.18 Å². The number of nitrogens with one attached hydrogen (secondary N) is 3. The fraction of sp³-hybridized carbons (Fsp3) is 0.458. The van der Waals surface area contributed by atoms with Crippen molar-refractivity contribution in [1.29, 1.82) is 0 Å². The molecule has 1 fully saturated rings. The second-order valence-corrected chi connectivity index (χ2v) is 8.51. The maximum absolute atomic E-state index is 13.6. The van der Waals surface area contributed by atoms with Crippen LogP contribution in [-0.4, -0.2) is 79.8 Å². The molecule has 3 atom stereocenters. The van der Waals surface area contributed by atoms with Gasteiger partial charge in [0.25, 0.3) is 5.91 Å². The zero-order valence-corrected chi connectivity index (χ0v) is 20.7. The Kier molecular flexibility index (Phi) is 8.46. The molecule has 0 saturated carbocycles. The molecule has 3 N–H and O–H groups in total. The van der Waals surface area contributed by atoms with E-state index in [1.165, 1.54) is 19.2 Å². The molecular weight excluding hydrogens is 487 g/mol. The summed E-state index contributed by atoms with van der Waals surface area (Å²) in [5.74, 6) is -0.383. The van der Waals surface area contributed by atoms with Gasteiger partial charge in [-0.3, -0.25) is 4.79 Å². The number of aromatic nitrogens is 2. The van der Waals surface area contributed by atoms with Gasteiger partial charge in [0.1, 0.15) is 23.3 Å². The van der Waals surface area contributed by atoms with Crippen LogP contribution in [0.1, 0.15) is 34.0 Å². The van der Waals surface area contributed by atoms with Gasteiger partial charge in [0.15, 0.2) is 17.7 Å². The van der Waals surface area contributed by atoms with Crippen molar-refractivity contribution in [2.45, 2.75) is 38.2 Å². The molecule has 1 saturated heterocycles. The van der Waals surface area contributed by atoms with Crippen LogP contribution in [0.2, 0.25) is 0 Å². The molecule has 2 aliphatic heterocycles. The van der Waals surface area contributed by atoms with Gasteiger partial charge in [-0.2, -0.15) is 0 Å². The standard InChI is InChI=1S/C24H29FN6O6/c1-13-29-17(7-19(30-13)23(32)27-9-14-4-5-16(25)20(6-14)34-3)18-8-21(37-31-18)22-12-35-15(11-36-22)10-28-24(33)26-2/h4-7,15,21-22H,8-12H2,1-3H3,(H,27,32)(H2,26,28,33)/t15-,21+,22-/m1/s1. The third-order valence-corrected chi connectivity index (χ3v) is 5.85. The van der Waals surface area contributed by atoms with Crippen LogP contribution in [0.3, 0.4) is 0 Å². The molecule has 1 aromatic carbocycles. The Balaban J connectivity index is 1.32. The molecule has 4 rings (SSSR count). The number of oxime groups is 1. The van der Waals surface area contributed by atoms with E-state index in [9.17, 15) is 14.0 Å². The quantitative estimate of drug-likeness (QED) is 0.473. The average molecular weight is 517 g/mol. The highest BCUT2D eigenvalue weighted by molar-refractivity contribution is 6.02. The second kappa shape index (κ2) is 11.9. The molecule has 2 aliphatic rings. The zero-order valence-electron chi connectivity index (χ0n) is 20.7. The van der Waals surface area contributed by atoms with Crippen LogP contribution in [0, 0.1) is 12.7 Å². The summed E-state index contributed by atoms with van der Waals surface area (Å²) in [5.41, 5.74) is 1.90. The molecule has 0 unspecified atom stereocenters. The topological polar surface area (TPSA) is 145 Å². The lowest BCUT2D eigenvalue weighted by atomic mass is 10.0. The van der Waals surface area contributed by atoms with Gasteiger partial charge in [0.05, 0.1) is 32.1 Å². The first-order valence-electron chi connectivity index (χ1n) is 11.7. The summed E-state index contributed by atoms with van der Waals surface area (Å²) in [6.45, 7) is 2.78. The molecule has 12 nitrogen and oxygen atoms in total. The Hall–Kier alpha value is -3.84. The molecule has 2 aromatic rings. The van der Waals surface area contributed by atoms with Gasteiger partial charge in [-0.25, -0.2) is 19.2 Å². The number of hydrogen-bond acceptors (Lipinski definition) is 9. The predicted octanol–water partition coefficient (Wildman–Crippen LogP) is 1.07. The van der Waals surface area contributed by atoms with Crippen LogP contribution in [-0.2, 0) is 20.9 Å². The van der Waals surface area contributed by atoms with E-state index in [2.05, 4.69) is 31.1 Å². The van der Waals surface area contributed by atoms with Crippen LogP contribution in [0.5, 0.6) is 5.75 Å². The predicted molar refractivity (Wildman–Crippen MR) is 129 cm³/mol. The number of amides is 3. The third-order valence-electron chi connectivity index (χ3n) is 5.85. The van der Waals surface area contributed by atoms with E-state index in [0.717, 1.165) is 0 Å². The van der Waals surface area contributed by atoms with Crippen molar-refractivity contribution in [2.24, 2.45) is 5.16 Å². The highest BCUT2D eigenvalue weighted by Gasteiger charge is 2.35. The number of carbonyl (C=O) groups excluding carboxylic acids is 2. The van der Waals surface area contributed by atoms with Crippen molar-refractivity contribution < 1.29 is 33.0 Å². The van der Waals surface area contributed by atoms with Gasteiger partial charge < -0.3 is 35.0 Å². The van der Waals surface area contributed by atoms with E-state index in [0.29, 0.717) is 42.4 Å². The van der Waals surface area contributed by atoms with E-state index in [-0.39, 0.29) is 48.9 Å². The Morgan fingerprint density at radius 1 is 1.14 bits per heavy atom. The fourth-order valence-electron chi connectivity index (χ4n) is 3.85. The van der Waals surface area contributed by atoms with E-state index in [4.69, 9.17) is 19.0 Å². The zero-order chi connectivity index (χ0) is 26.4. The molecule has 37 heavy (non-hydrogen) atoms. The smallest absolute Gasteiger partial charge is 0.314 e. The van der Waals surface area contributed by atoms with Gasteiger partial charge in [-0.15, -0.1) is 0 Å². The van der Waals surface area contributed by atoms with Crippen LogP contribution in [0.15, 0.2) is 29.4 Å². The van der Waals surface area contributed by atoms with Gasteiger partial charge in [0, 0.05) is 26.6 Å². The van der Waals surface area contributed by atoms with E-state index in [1.54, 1.807) is 26.1 Å². The number of nitrogens with zero attached hydrogens (tertiary/aromatic N) is 3. The van der Waals surface area contributed by atoms with Crippen molar-refractivity contribution in [2.75, 3.05) is 33.9 Å². The summed E-state index contributed by atoms with van der Waals surface area (Å²) in [7, 11) is 2.92. The second-order valence-electron chi connectivity index (χ2n) is 8.51. The fourth-order valence-corrected chi connectivity index (χ4v) is 3.85. The van der Waals surface area contributed by atoms with Gasteiger partial charge in [-0.05, 0) is 30.7 Å². The molecule has 3 amide bonds. The number of benzene rings is 1. The molecule has 0 radical (unpaired) electrons. The van der Waals surface area contributed by atoms with Crippen molar-refractivity contribution in [3.05, 3.63) is 52.9 Å². The van der Waals surface area contributed by atoms with E-state index >= 15 is 0 Å². The van der Waals surface area contributed by atoms with Crippen molar-refractivity contribution in [3.63, 3.8) is 0 Å². The lowest BCUT2D eigenvalue weighted by Crippen LogP contribution is -2.47. The molecule has 13 heteroatoms. The van der Waals surface area contributed by atoms with E-state index < -0.39 is 11.7 Å². The SMILES string of the molecule is CNC(=O)NC[C@@H]1CO[C@@H]([C@@H]2CC(c3cc(C(=O)NCc4ccc(F)c(OC)c4)nc(C)n3)=NO2)CO1. The first kappa shape index (κ1) is 26.2. The van der Waals surface area contributed by atoms with Crippen molar-refractivity contribution in [1.82, 2.24) is 25.9 Å². The number of rotatable bonds is 8. The lowest BCUT2D eigenvalue weighted by Gasteiger charge is -2.31. The first-order valence-corrected chi connectivity index (χ1v) is 11.7. The van der Waals surface area contributed by atoms with Crippen LogP contribution < -0.4 is 20.7 Å². The summed E-state index contributed by atoms with van der Waals surface area (Å²) < 4.78 is 30.3. The minimum absolute atomic E-state index is 0.101. The highest BCUT2D eigenvalue weighted by atomic mass is 19.1. The van der Waals surface area contributed by atoms with E-state index in [1.807, 2.05) is 0 Å². The number of methoxy groups -OCH3 is 1. The molecule has 0 spiro atoms. The summed E-state index contributed by atoms with van der Waals surface area (Å²) in [6.07, 6.45) is -0.543. The molecule has 0 bridgehead atoms. The summed E-state index contributed by atoms with van der Waals surface area (Å²) in [6, 6.07) is 5.64. The molecule has 3 heterocycles. The largest absolute Gasteiger partial charge is 0.494 e. The number of hydrogen-bond donors (Lipinski definition) is 3. The van der Waals surface area contributed by atoms with Crippen molar-refractivity contribution >= 4 is 17.6 Å². The minimum Gasteiger partial charge on any atom is -0.494 e. The number of ether oxygens (including phenoxy) is 3. The molecular formula is C24H29FN6O6. The summed E-state index contributed by atoms with van der Waals surface area (Å²) >= 11 is 0. The lowest BCUT2D eigenvalue weighted by molar-refractivity contribution is -0.169. The van der Waals surface area contributed by atoms with Crippen LogP contribution in [0.25, 0.3) is 0 Å². The number of urea groups is 1. The molecule has 1 aromatic heterocycles. The Morgan fingerprint density at radius 2 is 1.97 bits per heavy atom. The Bertz CT molecular complexity index is 1170. The Labute approximate surface area is 212 Å².